The Kier molecular flexibility index (Phi) is 4.17. The van der Waals surface area contributed by atoms with Gasteiger partial charge >= 0.3 is 6.09 Å². The fourth-order valence-electron chi connectivity index (χ4n) is 1.70. The van der Waals surface area contributed by atoms with Gasteiger partial charge in [0.05, 0.1) is 23.1 Å². The lowest BCUT2D eigenvalue weighted by atomic mass is 10.2. The number of ether oxygens (including phenoxy) is 1. The quantitative estimate of drug-likeness (QED) is 0.931. The fourth-order valence-corrected chi connectivity index (χ4v) is 2.00. The Morgan fingerprint density at radius 2 is 2.21 bits per heavy atom. The SMILES string of the molecule is CN1CC(CNC(=O)c2ccc(Cl)c(Cl)c2)OC1=O. The van der Waals surface area contributed by atoms with Crippen molar-refractivity contribution in [2.75, 3.05) is 20.1 Å². The van der Waals surface area contributed by atoms with Crippen molar-refractivity contribution in [1.29, 1.82) is 0 Å². The summed E-state index contributed by atoms with van der Waals surface area (Å²) in [5.41, 5.74) is 0.409. The largest absolute Gasteiger partial charge is 0.442 e. The summed E-state index contributed by atoms with van der Waals surface area (Å²) in [6, 6.07) is 4.63. The highest BCUT2D eigenvalue weighted by atomic mass is 35.5. The second-order valence-corrected chi connectivity index (χ2v) is 5.04. The number of rotatable bonds is 3. The van der Waals surface area contributed by atoms with Gasteiger partial charge in [-0.1, -0.05) is 23.2 Å². The van der Waals surface area contributed by atoms with Crippen molar-refractivity contribution in [3.8, 4) is 0 Å². The number of nitrogens with zero attached hydrogens (tertiary/aromatic N) is 1. The van der Waals surface area contributed by atoms with Gasteiger partial charge in [-0.15, -0.1) is 0 Å². The molecule has 5 nitrogen and oxygen atoms in total. The summed E-state index contributed by atoms with van der Waals surface area (Å²) in [6.07, 6.45) is -0.710. The first-order valence-corrected chi connectivity index (χ1v) is 6.38. The van der Waals surface area contributed by atoms with Crippen LogP contribution in [0.3, 0.4) is 0 Å². The Balaban J connectivity index is 1.91. The molecule has 1 aromatic carbocycles. The second-order valence-electron chi connectivity index (χ2n) is 4.23. The minimum Gasteiger partial charge on any atom is -0.442 e. The Hall–Kier alpha value is -1.46. The van der Waals surface area contributed by atoms with Crippen LogP contribution in [0.5, 0.6) is 0 Å². The van der Waals surface area contributed by atoms with E-state index in [1.807, 2.05) is 0 Å². The Morgan fingerprint density at radius 1 is 1.47 bits per heavy atom. The molecule has 7 heteroatoms. The number of hydrogen-bond donors (Lipinski definition) is 1. The first-order chi connectivity index (χ1) is 8.97. The molecule has 1 aromatic rings. The molecule has 0 aliphatic carbocycles. The van der Waals surface area contributed by atoms with Crippen LogP contribution < -0.4 is 5.32 Å². The zero-order valence-electron chi connectivity index (χ0n) is 10.2. The third-order valence-electron chi connectivity index (χ3n) is 2.73. The molecular weight excluding hydrogens is 291 g/mol. The summed E-state index contributed by atoms with van der Waals surface area (Å²) in [5.74, 6) is -0.288. The highest BCUT2D eigenvalue weighted by molar-refractivity contribution is 6.42. The third-order valence-corrected chi connectivity index (χ3v) is 3.47. The topological polar surface area (TPSA) is 58.6 Å². The van der Waals surface area contributed by atoms with E-state index < -0.39 is 0 Å². The average molecular weight is 303 g/mol. The van der Waals surface area contributed by atoms with Crippen molar-refractivity contribution in [3.05, 3.63) is 33.8 Å². The predicted molar refractivity (Wildman–Crippen MR) is 71.7 cm³/mol. The Bertz CT molecular complexity index is 522. The zero-order chi connectivity index (χ0) is 14.0. The molecule has 0 radical (unpaired) electrons. The van der Waals surface area contributed by atoms with E-state index >= 15 is 0 Å². The Morgan fingerprint density at radius 3 is 2.79 bits per heavy atom. The molecular formula is C12H12Cl2N2O3. The summed E-state index contributed by atoms with van der Waals surface area (Å²) < 4.78 is 5.03. The summed E-state index contributed by atoms with van der Waals surface area (Å²) in [7, 11) is 1.64. The van der Waals surface area contributed by atoms with Crippen LogP contribution in [-0.2, 0) is 4.74 Å². The van der Waals surface area contributed by atoms with Crippen LogP contribution in [0.2, 0.25) is 10.0 Å². The van der Waals surface area contributed by atoms with Crippen molar-refractivity contribution in [2.24, 2.45) is 0 Å². The van der Waals surface area contributed by atoms with Crippen LogP contribution in [0, 0.1) is 0 Å². The van der Waals surface area contributed by atoms with E-state index in [1.54, 1.807) is 19.2 Å². The van der Waals surface area contributed by atoms with Crippen LogP contribution in [0.25, 0.3) is 0 Å². The summed E-state index contributed by atoms with van der Waals surface area (Å²) >= 11 is 11.6. The number of nitrogens with one attached hydrogen (secondary N) is 1. The minimum atomic E-state index is -0.381. The molecule has 1 fully saturated rings. The number of carbonyl (C=O) groups excluding carboxylic acids is 2. The lowest BCUT2D eigenvalue weighted by molar-refractivity contribution is 0.0915. The van der Waals surface area contributed by atoms with E-state index in [-0.39, 0.29) is 24.6 Å². The van der Waals surface area contributed by atoms with Gasteiger partial charge in [0.15, 0.2) is 0 Å². The average Bonchev–Trinajstić information content (AvgIpc) is 2.69. The first-order valence-electron chi connectivity index (χ1n) is 5.62. The van der Waals surface area contributed by atoms with Gasteiger partial charge < -0.3 is 15.0 Å². The Labute approximate surface area is 120 Å². The van der Waals surface area contributed by atoms with Crippen molar-refractivity contribution >= 4 is 35.2 Å². The van der Waals surface area contributed by atoms with Gasteiger partial charge in [-0.05, 0) is 18.2 Å². The molecule has 19 heavy (non-hydrogen) atoms. The lowest BCUT2D eigenvalue weighted by Gasteiger charge is -2.10. The zero-order valence-corrected chi connectivity index (χ0v) is 11.7. The second kappa shape index (κ2) is 5.67. The normalized spacial score (nSPS) is 18.4. The predicted octanol–water partition coefficient (Wildman–Crippen LogP) is 2.17. The molecule has 0 spiro atoms. The van der Waals surface area contributed by atoms with Crippen LogP contribution in [0.15, 0.2) is 18.2 Å². The number of cyclic esters (lactones) is 1. The van der Waals surface area contributed by atoms with E-state index in [0.717, 1.165) is 0 Å². The molecule has 2 amide bonds. The summed E-state index contributed by atoms with van der Waals surface area (Å²) in [6.45, 7) is 0.718. The number of amides is 2. The number of halogens is 2. The molecule has 1 aliphatic rings. The molecule has 2 rings (SSSR count). The molecule has 0 aromatic heterocycles. The first kappa shape index (κ1) is 14.0. The maximum absolute atomic E-state index is 11.9. The van der Waals surface area contributed by atoms with Gasteiger partial charge in [-0.3, -0.25) is 4.79 Å². The number of benzene rings is 1. The number of carbonyl (C=O) groups is 2. The van der Waals surface area contributed by atoms with Crippen LogP contribution in [0.4, 0.5) is 4.79 Å². The molecule has 102 valence electrons. The van der Waals surface area contributed by atoms with Gasteiger partial charge in [0, 0.05) is 12.6 Å². The molecule has 1 aliphatic heterocycles. The monoisotopic (exact) mass is 302 g/mol. The smallest absolute Gasteiger partial charge is 0.410 e. The van der Waals surface area contributed by atoms with Crippen LogP contribution in [-0.4, -0.2) is 43.1 Å². The highest BCUT2D eigenvalue weighted by Crippen LogP contribution is 2.22. The molecule has 1 saturated heterocycles. The highest BCUT2D eigenvalue weighted by Gasteiger charge is 2.28. The fraction of sp³-hybridized carbons (Fsp3) is 0.333. The lowest BCUT2D eigenvalue weighted by Crippen LogP contribution is -2.34. The van der Waals surface area contributed by atoms with Crippen LogP contribution in [0.1, 0.15) is 10.4 Å². The van der Waals surface area contributed by atoms with E-state index in [4.69, 9.17) is 27.9 Å². The summed E-state index contributed by atoms with van der Waals surface area (Å²) in [4.78, 5) is 24.5. The maximum Gasteiger partial charge on any atom is 0.410 e. The summed E-state index contributed by atoms with van der Waals surface area (Å²) in [5, 5.41) is 3.40. The van der Waals surface area contributed by atoms with E-state index in [9.17, 15) is 9.59 Å². The van der Waals surface area contributed by atoms with Crippen molar-refractivity contribution in [3.63, 3.8) is 0 Å². The van der Waals surface area contributed by atoms with Gasteiger partial charge in [0.1, 0.15) is 6.10 Å². The van der Waals surface area contributed by atoms with Gasteiger partial charge in [-0.25, -0.2) is 4.79 Å². The molecule has 1 N–H and O–H groups in total. The molecule has 1 unspecified atom stereocenters. The van der Waals surface area contributed by atoms with Crippen molar-refractivity contribution in [1.82, 2.24) is 10.2 Å². The molecule has 0 saturated carbocycles. The molecule has 1 heterocycles. The van der Waals surface area contributed by atoms with E-state index in [0.29, 0.717) is 22.2 Å². The molecule has 1 atom stereocenters. The number of hydrogen-bond acceptors (Lipinski definition) is 3. The van der Waals surface area contributed by atoms with Gasteiger partial charge in [0.25, 0.3) is 5.91 Å². The van der Waals surface area contributed by atoms with Crippen molar-refractivity contribution in [2.45, 2.75) is 6.10 Å². The van der Waals surface area contributed by atoms with Gasteiger partial charge in [0.2, 0.25) is 0 Å². The van der Waals surface area contributed by atoms with Crippen LogP contribution >= 0.6 is 23.2 Å². The van der Waals surface area contributed by atoms with Gasteiger partial charge in [-0.2, -0.15) is 0 Å². The maximum atomic E-state index is 11.9. The third kappa shape index (κ3) is 3.30. The standard InChI is InChI=1S/C12H12Cl2N2O3/c1-16-6-8(19-12(16)18)5-15-11(17)7-2-3-9(13)10(14)4-7/h2-4,8H,5-6H2,1H3,(H,15,17). The number of likely N-dealkylation sites (N-methyl/N-ethyl adjacent to an activating group) is 1. The van der Waals surface area contributed by atoms with Crippen molar-refractivity contribution < 1.29 is 14.3 Å². The van der Waals surface area contributed by atoms with E-state index in [2.05, 4.69) is 5.32 Å². The molecule has 0 bridgehead atoms. The minimum absolute atomic E-state index is 0.259. The van der Waals surface area contributed by atoms with E-state index in [1.165, 1.54) is 11.0 Å².